The van der Waals surface area contributed by atoms with E-state index in [-0.39, 0.29) is 16.8 Å². The van der Waals surface area contributed by atoms with Gasteiger partial charge in [-0.15, -0.1) is 0 Å². The highest BCUT2D eigenvalue weighted by Gasteiger charge is 2.35. The van der Waals surface area contributed by atoms with E-state index in [2.05, 4.69) is 5.10 Å². The van der Waals surface area contributed by atoms with E-state index in [1.54, 1.807) is 0 Å². The van der Waals surface area contributed by atoms with Gasteiger partial charge in [-0.2, -0.15) is 18.3 Å². The van der Waals surface area contributed by atoms with E-state index in [1.807, 2.05) is 0 Å². The minimum atomic E-state index is -4.61. The molecule has 8 heteroatoms. The minimum Gasteiger partial charge on any atom is -0.366 e. The smallest absolute Gasteiger partial charge is 0.366 e. The summed E-state index contributed by atoms with van der Waals surface area (Å²) in [6.45, 7) is 0. The highest BCUT2D eigenvalue weighted by atomic mass is 19.4. The Morgan fingerprint density at radius 1 is 1.30 bits per heavy atom. The number of halogens is 4. The number of hydrogen-bond donors (Lipinski definition) is 1. The van der Waals surface area contributed by atoms with Crippen LogP contribution in [0.3, 0.4) is 0 Å². The fourth-order valence-corrected chi connectivity index (χ4v) is 1.73. The number of aromatic nitrogens is 2. The summed E-state index contributed by atoms with van der Waals surface area (Å²) in [5.74, 6) is -1.67. The predicted molar refractivity (Wildman–Crippen MR) is 62.1 cm³/mol. The molecule has 1 amide bonds. The van der Waals surface area contributed by atoms with Crippen molar-refractivity contribution in [3.8, 4) is 11.3 Å². The van der Waals surface area contributed by atoms with Crippen molar-refractivity contribution in [1.29, 1.82) is 0 Å². The highest BCUT2D eigenvalue weighted by molar-refractivity contribution is 5.93. The molecule has 20 heavy (non-hydrogen) atoms. The maximum atomic E-state index is 13.9. The normalized spacial score (nSPS) is 11.7. The molecule has 1 aromatic carbocycles. The number of nitrogens with two attached hydrogens (primary N) is 1. The van der Waals surface area contributed by atoms with Crippen molar-refractivity contribution < 1.29 is 22.4 Å². The van der Waals surface area contributed by atoms with E-state index in [0.29, 0.717) is 0 Å². The Labute approximate surface area is 110 Å². The third-order valence-corrected chi connectivity index (χ3v) is 2.70. The molecule has 0 fully saturated rings. The molecule has 2 aromatic rings. The van der Waals surface area contributed by atoms with E-state index >= 15 is 0 Å². The molecule has 0 bridgehead atoms. The molecule has 0 atom stereocenters. The summed E-state index contributed by atoms with van der Waals surface area (Å²) in [4.78, 5) is 10.9. The predicted octanol–water partition coefficient (Wildman–Crippen LogP) is 2.34. The van der Waals surface area contributed by atoms with Crippen LogP contribution >= 0.6 is 0 Å². The average Bonchev–Trinajstić information content (AvgIpc) is 2.71. The van der Waals surface area contributed by atoms with Crippen molar-refractivity contribution >= 4 is 5.91 Å². The first kappa shape index (κ1) is 14.0. The monoisotopic (exact) mass is 287 g/mol. The molecule has 0 aliphatic carbocycles. The number of amides is 1. The van der Waals surface area contributed by atoms with Gasteiger partial charge in [-0.05, 0) is 24.3 Å². The van der Waals surface area contributed by atoms with E-state index in [4.69, 9.17) is 5.73 Å². The summed E-state index contributed by atoms with van der Waals surface area (Å²) < 4.78 is 52.4. The van der Waals surface area contributed by atoms with Crippen LogP contribution in [0.5, 0.6) is 0 Å². The first-order valence-corrected chi connectivity index (χ1v) is 5.41. The van der Waals surface area contributed by atoms with E-state index in [9.17, 15) is 22.4 Å². The van der Waals surface area contributed by atoms with E-state index in [1.165, 1.54) is 19.2 Å². The van der Waals surface area contributed by atoms with Crippen LogP contribution < -0.4 is 5.73 Å². The Morgan fingerprint density at radius 2 is 1.95 bits per heavy atom. The summed E-state index contributed by atoms with van der Waals surface area (Å²) in [7, 11) is 1.27. The van der Waals surface area contributed by atoms with Gasteiger partial charge in [0, 0.05) is 18.2 Å². The van der Waals surface area contributed by atoms with Gasteiger partial charge < -0.3 is 5.73 Å². The summed E-state index contributed by atoms with van der Waals surface area (Å²) in [5, 5.41) is 3.29. The number of rotatable bonds is 2. The molecular weight excluding hydrogens is 278 g/mol. The largest absolute Gasteiger partial charge is 0.435 e. The van der Waals surface area contributed by atoms with Crippen molar-refractivity contribution in [3.05, 3.63) is 41.3 Å². The molecule has 0 spiro atoms. The summed E-state index contributed by atoms with van der Waals surface area (Å²) in [6, 6.07) is 4.04. The average molecular weight is 287 g/mol. The fourth-order valence-electron chi connectivity index (χ4n) is 1.73. The standard InChI is InChI=1S/C12H9F4N3O/c1-19-9(5-10(18-19)12(14,15)16)7-3-2-6(11(17)20)4-8(7)13/h2-5H,1H3,(H2,17,20). The molecule has 0 aliphatic rings. The van der Waals surface area contributed by atoms with Gasteiger partial charge in [-0.1, -0.05) is 0 Å². The van der Waals surface area contributed by atoms with Gasteiger partial charge in [0.2, 0.25) is 5.91 Å². The van der Waals surface area contributed by atoms with E-state index in [0.717, 1.165) is 16.8 Å². The highest BCUT2D eigenvalue weighted by Crippen LogP contribution is 2.32. The van der Waals surface area contributed by atoms with Gasteiger partial charge in [-0.3, -0.25) is 9.48 Å². The number of carbonyl (C=O) groups excluding carboxylic acids is 1. The number of carbonyl (C=O) groups is 1. The molecule has 0 aliphatic heterocycles. The van der Waals surface area contributed by atoms with Crippen molar-refractivity contribution in [2.75, 3.05) is 0 Å². The van der Waals surface area contributed by atoms with Gasteiger partial charge in [0.05, 0.1) is 5.69 Å². The molecule has 1 heterocycles. The topological polar surface area (TPSA) is 60.9 Å². The van der Waals surface area contributed by atoms with Crippen LogP contribution in [-0.2, 0) is 13.2 Å². The lowest BCUT2D eigenvalue weighted by Crippen LogP contribution is -2.11. The molecule has 2 N–H and O–H groups in total. The number of alkyl halides is 3. The lowest BCUT2D eigenvalue weighted by Gasteiger charge is -2.04. The molecule has 1 aromatic heterocycles. The zero-order valence-electron chi connectivity index (χ0n) is 10.2. The molecule has 0 radical (unpaired) electrons. The zero-order chi connectivity index (χ0) is 15.1. The van der Waals surface area contributed by atoms with Crippen LogP contribution in [0.4, 0.5) is 17.6 Å². The van der Waals surface area contributed by atoms with E-state index < -0.39 is 23.6 Å². The number of benzene rings is 1. The summed E-state index contributed by atoms with van der Waals surface area (Å²) in [5.41, 5.74) is 3.66. The van der Waals surface area contributed by atoms with Gasteiger partial charge in [0.1, 0.15) is 5.82 Å². The van der Waals surface area contributed by atoms with Gasteiger partial charge in [-0.25, -0.2) is 4.39 Å². The second-order valence-electron chi connectivity index (χ2n) is 4.10. The second kappa shape index (κ2) is 4.62. The van der Waals surface area contributed by atoms with Crippen LogP contribution in [0.25, 0.3) is 11.3 Å². The Balaban J connectivity index is 2.52. The molecule has 4 nitrogen and oxygen atoms in total. The number of nitrogens with zero attached hydrogens (tertiary/aromatic N) is 2. The van der Waals surface area contributed by atoms with Gasteiger partial charge in [0.15, 0.2) is 5.69 Å². The lowest BCUT2D eigenvalue weighted by molar-refractivity contribution is -0.141. The number of aryl methyl sites for hydroxylation is 1. The van der Waals surface area contributed by atoms with Crippen molar-refractivity contribution in [3.63, 3.8) is 0 Å². The molecule has 106 valence electrons. The number of primary amides is 1. The third-order valence-electron chi connectivity index (χ3n) is 2.70. The summed E-state index contributed by atoms with van der Waals surface area (Å²) in [6.07, 6.45) is -4.61. The van der Waals surface area contributed by atoms with Crippen molar-refractivity contribution in [2.45, 2.75) is 6.18 Å². The fraction of sp³-hybridized carbons (Fsp3) is 0.167. The van der Waals surface area contributed by atoms with Gasteiger partial charge in [0.25, 0.3) is 0 Å². The van der Waals surface area contributed by atoms with Crippen LogP contribution in [0.1, 0.15) is 16.1 Å². The molecule has 0 unspecified atom stereocenters. The Morgan fingerprint density at radius 3 is 2.40 bits per heavy atom. The Kier molecular flexibility index (Phi) is 3.24. The molecular formula is C12H9F4N3O. The number of hydrogen-bond acceptors (Lipinski definition) is 2. The van der Waals surface area contributed by atoms with Crippen LogP contribution in [0.2, 0.25) is 0 Å². The quantitative estimate of drug-likeness (QED) is 0.862. The maximum Gasteiger partial charge on any atom is 0.435 e. The second-order valence-corrected chi connectivity index (χ2v) is 4.10. The van der Waals surface area contributed by atoms with Crippen LogP contribution in [-0.4, -0.2) is 15.7 Å². The minimum absolute atomic E-state index is 0.0501. The van der Waals surface area contributed by atoms with Crippen LogP contribution in [0.15, 0.2) is 24.3 Å². The Bertz CT molecular complexity index is 676. The molecule has 2 rings (SSSR count). The van der Waals surface area contributed by atoms with Crippen LogP contribution in [0, 0.1) is 5.82 Å². The Hall–Kier alpha value is -2.38. The first-order valence-electron chi connectivity index (χ1n) is 5.41. The van der Waals surface area contributed by atoms with Gasteiger partial charge >= 0.3 is 6.18 Å². The van der Waals surface area contributed by atoms with Crippen molar-refractivity contribution in [2.24, 2.45) is 12.8 Å². The maximum absolute atomic E-state index is 13.9. The lowest BCUT2D eigenvalue weighted by atomic mass is 10.1. The zero-order valence-corrected chi connectivity index (χ0v) is 10.2. The van der Waals surface area contributed by atoms with Crippen molar-refractivity contribution in [1.82, 2.24) is 9.78 Å². The molecule has 0 saturated heterocycles. The third kappa shape index (κ3) is 2.49. The SMILES string of the molecule is Cn1nc(C(F)(F)F)cc1-c1ccc(C(N)=O)cc1F. The first-order chi connectivity index (χ1) is 9.20. The summed E-state index contributed by atoms with van der Waals surface area (Å²) >= 11 is 0. The molecule has 0 saturated carbocycles.